The summed E-state index contributed by atoms with van der Waals surface area (Å²) in [6, 6.07) is 2.03. The van der Waals surface area contributed by atoms with Crippen LogP contribution in [-0.2, 0) is 13.0 Å². The molecular weight excluding hydrogens is 188 g/mol. The summed E-state index contributed by atoms with van der Waals surface area (Å²) in [5.41, 5.74) is 1.04. The molecule has 1 aromatic heterocycles. The van der Waals surface area contributed by atoms with Crippen LogP contribution in [0.15, 0.2) is 10.6 Å². The zero-order valence-electron chi connectivity index (χ0n) is 10.0. The minimum atomic E-state index is 0.776. The third-order valence-corrected chi connectivity index (χ3v) is 2.86. The van der Waals surface area contributed by atoms with Crippen molar-refractivity contribution in [1.82, 2.24) is 10.5 Å². The first kappa shape index (κ1) is 12.2. The monoisotopic (exact) mass is 210 g/mol. The lowest BCUT2D eigenvalue weighted by atomic mass is 10.0. The van der Waals surface area contributed by atoms with Crippen LogP contribution in [0.5, 0.6) is 0 Å². The molecule has 0 atom stereocenters. The van der Waals surface area contributed by atoms with Crippen LogP contribution in [0.3, 0.4) is 0 Å². The highest BCUT2D eigenvalue weighted by molar-refractivity contribution is 5.04. The Kier molecular flexibility index (Phi) is 5.40. The molecule has 86 valence electrons. The lowest BCUT2D eigenvalue weighted by Gasteiger charge is -2.11. The lowest BCUT2D eigenvalue weighted by Crippen LogP contribution is -2.21. The average Bonchev–Trinajstić information content (AvgIpc) is 2.72. The van der Waals surface area contributed by atoms with Crippen molar-refractivity contribution in [2.45, 2.75) is 46.6 Å². The zero-order chi connectivity index (χ0) is 11.1. The summed E-state index contributed by atoms with van der Waals surface area (Å²) < 4.78 is 5.19. The second kappa shape index (κ2) is 6.62. The summed E-state index contributed by atoms with van der Waals surface area (Å²) in [4.78, 5) is 0. The number of nitrogens with one attached hydrogen (secondary N) is 1. The molecule has 0 unspecified atom stereocenters. The summed E-state index contributed by atoms with van der Waals surface area (Å²) in [7, 11) is 0. The van der Waals surface area contributed by atoms with Gasteiger partial charge in [-0.2, -0.15) is 0 Å². The van der Waals surface area contributed by atoms with Gasteiger partial charge in [-0.15, -0.1) is 0 Å². The van der Waals surface area contributed by atoms with Crippen molar-refractivity contribution in [3.63, 3.8) is 0 Å². The average molecular weight is 210 g/mol. The highest BCUT2D eigenvalue weighted by Crippen LogP contribution is 2.07. The van der Waals surface area contributed by atoms with E-state index in [-0.39, 0.29) is 0 Å². The van der Waals surface area contributed by atoms with E-state index in [4.69, 9.17) is 4.52 Å². The van der Waals surface area contributed by atoms with E-state index in [9.17, 15) is 0 Å². The normalized spacial score (nSPS) is 11.2. The Morgan fingerprint density at radius 2 is 2.07 bits per heavy atom. The van der Waals surface area contributed by atoms with Gasteiger partial charge in [0.25, 0.3) is 0 Å². The Labute approximate surface area is 92.2 Å². The standard InChI is InChI=1S/C12H22N2O/c1-4-10(5-2)8-13-9-12-7-11(6-3)14-15-12/h7,10,13H,4-6,8-9H2,1-3H3. The van der Waals surface area contributed by atoms with Gasteiger partial charge in [-0.05, 0) is 18.9 Å². The SMILES string of the molecule is CCc1cc(CNCC(CC)CC)on1. The van der Waals surface area contributed by atoms with Gasteiger partial charge in [0.2, 0.25) is 0 Å². The Bertz CT molecular complexity index is 266. The van der Waals surface area contributed by atoms with E-state index < -0.39 is 0 Å². The maximum absolute atomic E-state index is 5.19. The number of nitrogens with zero attached hydrogens (tertiary/aromatic N) is 1. The number of aryl methyl sites for hydroxylation is 1. The van der Waals surface area contributed by atoms with E-state index in [2.05, 4.69) is 31.2 Å². The molecule has 0 aliphatic heterocycles. The third kappa shape index (κ3) is 4.04. The molecule has 0 aliphatic rings. The highest BCUT2D eigenvalue weighted by atomic mass is 16.5. The van der Waals surface area contributed by atoms with Gasteiger partial charge in [0.05, 0.1) is 12.2 Å². The van der Waals surface area contributed by atoms with Crippen molar-refractivity contribution in [2.24, 2.45) is 5.92 Å². The quantitative estimate of drug-likeness (QED) is 0.752. The summed E-state index contributed by atoms with van der Waals surface area (Å²) in [6.45, 7) is 8.41. The summed E-state index contributed by atoms with van der Waals surface area (Å²) in [6.07, 6.45) is 3.41. The predicted molar refractivity (Wildman–Crippen MR) is 61.7 cm³/mol. The molecule has 0 saturated heterocycles. The molecule has 1 N–H and O–H groups in total. The largest absolute Gasteiger partial charge is 0.360 e. The molecule has 0 aliphatic carbocycles. The number of hydrogen-bond acceptors (Lipinski definition) is 3. The summed E-state index contributed by atoms with van der Waals surface area (Å²) in [5, 5.41) is 7.37. The van der Waals surface area contributed by atoms with E-state index in [0.717, 1.165) is 36.9 Å². The lowest BCUT2D eigenvalue weighted by molar-refractivity contribution is 0.358. The molecule has 0 radical (unpaired) electrons. The van der Waals surface area contributed by atoms with Gasteiger partial charge >= 0.3 is 0 Å². The predicted octanol–water partition coefficient (Wildman–Crippen LogP) is 2.76. The zero-order valence-corrected chi connectivity index (χ0v) is 10.0. The Hall–Kier alpha value is -0.830. The first-order chi connectivity index (χ1) is 7.30. The molecule has 15 heavy (non-hydrogen) atoms. The van der Waals surface area contributed by atoms with Gasteiger partial charge in [-0.1, -0.05) is 38.8 Å². The number of aromatic nitrogens is 1. The van der Waals surface area contributed by atoms with Crippen molar-refractivity contribution in [3.8, 4) is 0 Å². The van der Waals surface area contributed by atoms with Gasteiger partial charge < -0.3 is 9.84 Å². The van der Waals surface area contributed by atoms with Crippen LogP contribution in [0.2, 0.25) is 0 Å². The fourth-order valence-corrected chi connectivity index (χ4v) is 1.58. The molecule has 3 nitrogen and oxygen atoms in total. The smallest absolute Gasteiger partial charge is 0.150 e. The van der Waals surface area contributed by atoms with Crippen molar-refractivity contribution in [1.29, 1.82) is 0 Å². The number of rotatable bonds is 7. The number of hydrogen-bond donors (Lipinski definition) is 1. The summed E-state index contributed by atoms with van der Waals surface area (Å²) >= 11 is 0. The molecule has 0 spiro atoms. The van der Waals surface area contributed by atoms with E-state index in [1.54, 1.807) is 0 Å². The molecule has 0 saturated carbocycles. The van der Waals surface area contributed by atoms with Crippen LogP contribution >= 0.6 is 0 Å². The maximum Gasteiger partial charge on any atom is 0.150 e. The van der Waals surface area contributed by atoms with Gasteiger partial charge in [-0.25, -0.2) is 0 Å². The second-order valence-corrected chi connectivity index (χ2v) is 3.95. The minimum Gasteiger partial charge on any atom is -0.360 e. The van der Waals surface area contributed by atoms with Crippen LogP contribution in [-0.4, -0.2) is 11.7 Å². The van der Waals surface area contributed by atoms with Crippen LogP contribution in [0.4, 0.5) is 0 Å². The minimum absolute atomic E-state index is 0.776. The van der Waals surface area contributed by atoms with Crippen LogP contribution in [0.25, 0.3) is 0 Å². The van der Waals surface area contributed by atoms with Crippen molar-refractivity contribution < 1.29 is 4.52 Å². The Morgan fingerprint density at radius 1 is 1.33 bits per heavy atom. The van der Waals surface area contributed by atoms with Crippen LogP contribution in [0, 0.1) is 5.92 Å². The maximum atomic E-state index is 5.19. The fourth-order valence-electron chi connectivity index (χ4n) is 1.58. The van der Waals surface area contributed by atoms with E-state index in [1.807, 2.05) is 6.07 Å². The van der Waals surface area contributed by atoms with Crippen molar-refractivity contribution >= 4 is 0 Å². The molecule has 0 aromatic carbocycles. The molecule has 0 amide bonds. The van der Waals surface area contributed by atoms with Gasteiger partial charge in [-0.3, -0.25) is 0 Å². The molecule has 1 heterocycles. The van der Waals surface area contributed by atoms with Crippen LogP contribution < -0.4 is 5.32 Å². The first-order valence-corrected chi connectivity index (χ1v) is 5.95. The molecular formula is C12H22N2O. The summed E-state index contributed by atoms with van der Waals surface area (Å²) in [5.74, 6) is 1.72. The van der Waals surface area contributed by atoms with Gasteiger partial charge in [0.1, 0.15) is 0 Å². The fraction of sp³-hybridized carbons (Fsp3) is 0.750. The molecule has 0 fully saturated rings. The van der Waals surface area contributed by atoms with Crippen molar-refractivity contribution in [3.05, 3.63) is 17.5 Å². The second-order valence-electron chi connectivity index (χ2n) is 3.95. The Balaban J connectivity index is 2.25. The first-order valence-electron chi connectivity index (χ1n) is 5.95. The van der Waals surface area contributed by atoms with E-state index >= 15 is 0 Å². The molecule has 1 aromatic rings. The topological polar surface area (TPSA) is 38.1 Å². The van der Waals surface area contributed by atoms with E-state index in [0.29, 0.717) is 0 Å². The van der Waals surface area contributed by atoms with Gasteiger partial charge in [0, 0.05) is 6.07 Å². The van der Waals surface area contributed by atoms with Gasteiger partial charge in [0.15, 0.2) is 5.76 Å². The Morgan fingerprint density at radius 3 is 2.60 bits per heavy atom. The molecule has 0 bridgehead atoms. The van der Waals surface area contributed by atoms with E-state index in [1.165, 1.54) is 12.8 Å². The molecule has 3 heteroatoms. The molecule has 1 rings (SSSR count). The van der Waals surface area contributed by atoms with Crippen LogP contribution in [0.1, 0.15) is 45.1 Å². The highest BCUT2D eigenvalue weighted by Gasteiger charge is 2.05. The van der Waals surface area contributed by atoms with Crippen molar-refractivity contribution in [2.75, 3.05) is 6.54 Å². The third-order valence-electron chi connectivity index (χ3n) is 2.86.